The summed E-state index contributed by atoms with van der Waals surface area (Å²) in [6, 6.07) is 22.8. The summed E-state index contributed by atoms with van der Waals surface area (Å²) in [5.41, 5.74) is 3.69. The largest absolute Gasteiger partial charge is 0.497 e. The van der Waals surface area contributed by atoms with Gasteiger partial charge in [-0.15, -0.1) is 5.10 Å². The van der Waals surface area contributed by atoms with Gasteiger partial charge in [0, 0.05) is 17.1 Å². The number of thioether (sulfide) groups is 1. The number of benzene rings is 3. The van der Waals surface area contributed by atoms with E-state index in [4.69, 9.17) is 9.84 Å². The Balaban J connectivity index is 1.49. The van der Waals surface area contributed by atoms with Crippen molar-refractivity contribution in [3.63, 3.8) is 0 Å². The Morgan fingerprint density at radius 2 is 1.84 bits per heavy atom. The lowest BCUT2D eigenvalue weighted by Crippen LogP contribution is -2.31. The third-order valence-electron chi connectivity index (χ3n) is 6.08. The normalized spacial score (nSPS) is 14.4. The number of para-hydroxylation sites is 1. The van der Waals surface area contributed by atoms with Gasteiger partial charge in [-0.05, 0) is 54.4 Å². The average Bonchev–Trinajstić information content (AvgIpc) is 3.34. The molecule has 0 radical (unpaired) electrons. The molecule has 0 saturated heterocycles. The van der Waals surface area contributed by atoms with Crippen LogP contribution in [0.2, 0.25) is 0 Å². The zero-order chi connectivity index (χ0) is 26.6. The smallest absolute Gasteiger partial charge is 0.335 e. The van der Waals surface area contributed by atoms with Crippen LogP contribution in [-0.2, 0) is 10.5 Å². The highest BCUT2D eigenvalue weighted by Gasteiger charge is 2.34. The van der Waals surface area contributed by atoms with Gasteiger partial charge < -0.3 is 20.5 Å². The number of aromatic nitrogens is 3. The Morgan fingerprint density at radius 1 is 1.08 bits per heavy atom. The van der Waals surface area contributed by atoms with E-state index in [1.165, 1.54) is 23.9 Å². The van der Waals surface area contributed by atoms with Gasteiger partial charge in [-0.3, -0.25) is 4.79 Å². The molecule has 0 unspecified atom stereocenters. The molecule has 192 valence electrons. The van der Waals surface area contributed by atoms with E-state index >= 15 is 0 Å². The van der Waals surface area contributed by atoms with Crippen molar-refractivity contribution in [3.05, 3.63) is 107 Å². The maximum absolute atomic E-state index is 13.5. The summed E-state index contributed by atoms with van der Waals surface area (Å²) in [6.45, 7) is 1.82. The minimum Gasteiger partial charge on any atom is -0.497 e. The van der Waals surface area contributed by atoms with Crippen LogP contribution < -0.4 is 15.4 Å². The van der Waals surface area contributed by atoms with Gasteiger partial charge in [-0.2, -0.15) is 4.98 Å². The SMILES string of the molecule is COc1cccc(CSc2nc3n(n2)[C@H](c2ccc(C(=O)O)cc2)C(C(=O)Nc2ccccc2)=C(C)N3)c1. The predicted molar refractivity (Wildman–Crippen MR) is 146 cm³/mol. The standard InChI is InChI=1S/C28H25N5O4S/c1-17-23(25(34)30-21-8-4-3-5-9-21)24(19-11-13-20(14-12-19)26(35)36)33-27(29-17)31-28(32-33)38-16-18-7-6-10-22(15-18)37-2/h3-15,24H,16H2,1-2H3,(H,30,34)(H,35,36)(H,29,31,32)/t24-/m1/s1. The maximum Gasteiger partial charge on any atom is 0.335 e. The number of anilines is 2. The van der Waals surface area contributed by atoms with Crippen molar-refractivity contribution in [2.75, 3.05) is 17.7 Å². The molecule has 1 aliphatic rings. The summed E-state index contributed by atoms with van der Waals surface area (Å²) < 4.78 is 6.99. The number of hydrogen-bond donors (Lipinski definition) is 3. The summed E-state index contributed by atoms with van der Waals surface area (Å²) in [5.74, 6) is 0.597. The van der Waals surface area contributed by atoms with E-state index in [9.17, 15) is 14.7 Å². The molecule has 0 aliphatic carbocycles. The second-order valence-corrected chi connectivity index (χ2v) is 9.56. The number of amides is 1. The number of rotatable bonds is 8. The van der Waals surface area contributed by atoms with E-state index < -0.39 is 12.0 Å². The van der Waals surface area contributed by atoms with Gasteiger partial charge in [0.1, 0.15) is 11.8 Å². The number of aromatic carboxylic acids is 1. The Morgan fingerprint density at radius 3 is 2.55 bits per heavy atom. The Kier molecular flexibility index (Phi) is 7.14. The van der Waals surface area contributed by atoms with Crippen LogP contribution in [0, 0.1) is 0 Å². The molecule has 0 saturated carbocycles. The molecule has 0 fully saturated rings. The highest BCUT2D eigenvalue weighted by Crippen LogP contribution is 2.37. The molecule has 0 bridgehead atoms. The van der Waals surface area contributed by atoms with Crippen LogP contribution in [0.4, 0.5) is 11.6 Å². The van der Waals surface area contributed by atoms with E-state index in [0.29, 0.717) is 39.4 Å². The van der Waals surface area contributed by atoms with Crippen LogP contribution in [0.25, 0.3) is 0 Å². The van der Waals surface area contributed by atoms with Gasteiger partial charge in [0.05, 0.1) is 18.2 Å². The number of carboxylic acids is 1. The van der Waals surface area contributed by atoms with E-state index in [1.54, 1.807) is 23.9 Å². The molecule has 1 aromatic heterocycles. The van der Waals surface area contributed by atoms with E-state index in [-0.39, 0.29) is 11.5 Å². The molecular weight excluding hydrogens is 502 g/mol. The molecule has 5 rings (SSSR count). The zero-order valence-corrected chi connectivity index (χ0v) is 21.5. The number of allylic oxidation sites excluding steroid dienone is 1. The lowest BCUT2D eigenvalue weighted by molar-refractivity contribution is -0.113. The minimum atomic E-state index is -1.02. The number of carboxylic acid groups (broad SMARTS) is 1. The number of methoxy groups -OCH3 is 1. The Labute approximate surface area is 223 Å². The van der Waals surface area contributed by atoms with Crippen molar-refractivity contribution < 1.29 is 19.4 Å². The molecule has 38 heavy (non-hydrogen) atoms. The fourth-order valence-corrected chi connectivity index (χ4v) is 5.00. The molecular formula is C28H25N5O4S. The molecule has 9 nitrogen and oxygen atoms in total. The van der Waals surface area contributed by atoms with Gasteiger partial charge >= 0.3 is 5.97 Å². The summed E-state index contributed by atoms with van der Waals surface area (Å²) in [7, 11) is 1.63. The topological polar surface area (TPSA) is 118 Å². The number of nitrogens with one attached hydrogen (secondary N) is 2. The number of ether oxygens (including phenoxy) is 1. The number of hydrogen-bond acceptors (Lipinski definition) is 7. The van der Waals surface area contributed by atoms with Crippen LogP contribution in [0.15, 0.2) is 95.3 Å². The first kappa shape index (κ1) is 25.1. The van der Waals surface area contributed by atoms with Crippen LogP contribution in [-0.4, -0.2) is 38.9 Å². The maximum atomic E-state index is 13.5. The Hall–Kier alpha value is -4.57. The first-order valence-corrected chi connectivity index (χ1v) is 12.8. The van der Waals surface area contributed by atoms with Crippen LogP contribution in [0.5, 0.6) is 5.75 Å². The number of carbonyl (C=O) groups excluding carboxylic acids is 1. The highest BCUT2D eigenvalue weighted by atomic mass is 32.2. The van der Waals surface area contributed by atoms with Gasteiger partial charge in [-0.1, -0.05) is 54.2 Å². The highest BCUT2D eigenvalue weighted by molar-refractivity contribution is 7.98. The van der Waals surface area contributed by atoms with Crippen molar-refractivity contribution in [3.8, 4) is 5.75 Å². The van der Waals surface area contributed by atoms with Gasteiger partial charge in [-0.25, -0.2) is 9.48 Å². The van der Waals surface area contributed by atoms with E-state index in [1.807, 2.05) is 61.5 Å². The number of nitrogens with zero attached hydrogens (tertiary/aromatic N) is 3. The van der Waals surface area contributed by atoms with Crippen molar-refractivity contribution >= 4 is 35.3 Å². The molecule has 0 spiro atoms. The average molecular weight is 528 g/mol. The van der Waals surface area contributed by atoms with Crippen molar-refractivity contribution in [2.45, 2.75) is 23.9 Å². The first-order valence-electron chi connectivity index (χ1n) is 11.8. The monoisotopic (exact) mass is 527 g/mol. The van der Waals surface area contributed by atoms with Gasteiger partial charge in [0.2, 0.25) is 11.1 Å². The molecule has 1 atom stereocenters. The van der Waals surface area contributed by atoms with Crippen LogP contribution in [0.1, 0.15) is 34.5 Å². The summed E-state index contributed by atoms with van der Waals surface area (Å²) in [6.07, 6.45) is 0. The van der Waals surface area contributed by atoms with Crippen molar-refractivity contribution in [1.29, 1.82) is 0 Å². The molecule has 3 aromatic carbocycles. The zero-order valence-electron chi connectivity index (χ0n) is 20.7. The summed E-state index contributed by atoms with van der Waals surface area (Å²) in [4.78, 5) is 29.6. The second-order valence-electron chi connectivity index (χ2n) is 8.62. The third kappa shape index (κ3) is 5.25. The minimum absolute atomic E-state index is 0.159. The van der Waals surface area contributed by atoms with Crippen LogP contribution in [0.3, 0.4) is 0 Å². The van der Waals surface area contributed by atoms with Gasteiger partial charge in [0.15, 0.2) is 0 Å². The lowest BCUT2D eigenvalue weighted by Gasteiger charge is -2.28. The molecule has 2 heterocycles. The lowest BCUT2D eigenvalue weighted by atomic mass is 9.94. The number of fused-ring (bicyclic) bond motifs is 1. The number of carbonyl (C=O) groups is 2. The van der Waals surface area contributed by atoms with Gasteiger partial charge in [0.25, 0.3) is 5.91 Å². The first-order chi connectivity index (χ1) is 18.4. The molecule has 4 aromatic rings. The molecule has 1 aliphatic heterocycles. The van der Waals surface area contributed by atoms with E-state index in [2.05, 4.69) is 15.6 Å². The molecule has 3 N–H and O–H groups in total. The summed E-state index contributed by atoms with van der Waals surface area (Å²) >= 11 is 1.47. The quantitative estimate of drug-likeness (QED) is 0.268. The van der Waals surface area contributed by atoms with Crippen molar-refractivity contribution in [2.24, 2.45) is 0 Å². The fourth-order valence-electron chi connectivity index (χ4n) is 4.23. The van der Waals surface area contributed by atoms with Crippen LogP contribution >= 0.6 is 11.8 Å². The summed E-state index contributed by atoms with van der Waals surface area (Å²) in [5, 5.41) is 20.8. The Bertz CT molecular complexity index is 1520. The van der Waals surface area contributed by atoms with E-state index in [0.717, 1.165) is 11.3 Å². The second kappa shape index (κ2) is 10.8. The fraction of sp³-hybridized carbons (Fsp3) is 0.143. The third-order valence-corrected chi connectivity index (χ3v) is 6.99. The molecule has 1 amide bonds. The molecule has 10 heteroatoms. The predicted octanol–water partition coefficient (Wildman–Crippen LogP) is 5.20. The van der Waals surface area contributed by atoms with Crippen molar-refractivity contribution in [1.82, 2.24) is 14.8 Å².